The fraction of sp³-hybridized carbons (Fsp3) is 0.600. The lowest BCUT2D eigenvalue weighted by molar-refractivity contribution is 0.0111. The van der Waals surface area contributed by atoms with E-state index in [-0.39, 0.29) is 0 Å². The second-order valence-electron chi connectivity index (χ2n) is 4.57. The quantitative estimate of drug-likeness (QED) is 0.722. The Kier molecular flexibility index (Phi) is 6.63. The highest BCUT2D eigenvalue weighted by atomic mass is 16.6. The Morgan fingerprint density at radius 2 is 1.40 bits per heavy atom. The molecule has 1 aromatic carbocycles. The average Bonchev–Trinajstić information content (AvgIpc) is 2.48. The minimum Gasteiger partial charge on any atom is -0.489 e. The molecule has 2 rings (SSSR count). The maximum Gasteiger partial charge on any atom is 0.142 e. The van der Waals surface area contributed by atoms with Crippen molar-refractivity contribution in [3.05, 3.63) is 24.3 Å². The van der Waals surface area contributed by atoms with Crippen LogP contribution in [-0.2, 0) is 14.2 Å². The largest absolute Gasteiger partial charge is 0.489 e. The van der Waals surface area contributed by atoms with E-state index in [9.17, 15) is 0 Å². The molecule has 0 amide bonds. The fourth-order valence-electron chi connectivity index (χ4n) is 1.97. The highest BCUT2D eigenvalue weighted by Crippen LogP contribution is 2.26. The lowest BCUT2D eigenvalue weighted by Gasteiger charge is -2.22. The summed E-state index contributed by atoms with van der Waals surface area (Å²) in [7, 11) is 2.04. The van der Waals surface area contributed by atoms with E-state index >= 15 is 0 Å². The summed E-state index contributed by atoms with van der Waals surface area (Å²) in [6.45, 7) is 5.01. The average molecular weight is 281 g/mol. The van der Waals surface area contributed by atoms with Crippen molar-refractivity contribution in [2.24, 2.45) is 0 Å². The first-order valence-corrected chi connectivity index (χ1v) is 7.04. The summed E-state index contributed by atoms with van der Waals surface area (Å²) in [4.78, 5) is 2.14. The molecule has 20 heavy (non-hydrogen) atoms. The van der Waals surface area contributed by atoms with Crippen molar-refractivity contribution in [2.45, 2.75) is 0 Å². The van der Waals surface area contributed by atoms with Gasteiger partial charge in [-0.3, -0.25) is 0 Å². The summed E-state index contributed by atoms with van der Waals surface area (Å²) >= 11 is 0. The molecule has 5 heteroatoms. The molecule has 0 saturated carbocycles. The number of fused-ring (bicyclic) bond motifs is 1. The van der Waals surface area contributed by atoms with Crippen molar-refractivity contribution in [1.82, 2.24) is 0 Å². The molecule has 0 unspecified atom stereocenters. The van der Waals surface area contributed by atoms with Gasteiger partial charge in [0.1, 0.15) is 12.4 Å². The first-order valence-electron chi connectivity index (χ1n) is 7.04. The molecule has 0 aliphatic carbocycles. The van der Waals surface area contributed by atoms with Crippen LogP contribution in [0.1, 0.15) is 0 Å². The van der Waals surface area contributed by atoms with Crippen LogP contribution in [0.2, 0.25) is 0 Å². The number of ether oxygens (including phenoxy) is 4. The first kappa shape index (κ1) is 15.1. The smallest absolute Gasteiger partial charge is 0.142 e. The van der Waals surface area contributed by atoms with Gasteiger partial charge in [-0.2, -0.15) is 0 Å². The summed E-state index contributed by atoms with van der Waals surface area (Å²) in [5, 5.41) is 0. The van der Waals surface area contributed by atoms with Crippen molar-refractivity contribution < 1.29 is 18.9 Å². The molecule has 1 heterocycles. The monoisotopic (exact) mass is 281 g/mol. The predicted octanol–water partition coefficient (Wildman–Crippen LogP) is 1.56. The van der Waals surface area contributed by atoms with Gasteiger partial charge in [0, 0.05) is 13.6 Å². The summed E-state index contributed by atoms with van der Waals surface area (Å²) in [6, 6.07) is 8.02. The van der Waals surface area contributed by atoms with Crippen LogP contribution in [0.15, 0.2) is 24.3 Å². The summed E-state index contributed by atoms with van der Waals surface area (Å²) in [5.74, 6) is 0.879. The Bertz CT molecular complexity index is 386. The number of rotatable bonds is 0. The molecular weight excluding hydrogens is 258 g/mol. The molecule has 1 aromatic rings. The highest BCUT2D eigenvalue weighted by molar-refractivity contribution is 5.57. The number of anilines is 1. The molecule has 0 fully saturated rings. The Morgan fingerprint density at radius 3 is 2.15 bits per heavy atom. The molecular formula is C15H23NO4. The van der Waals surface area contributed by atoms with E-state index in [4.69, 9.17) is 18.9 Å². The number of hydrogen-bond donors (Lipinski definition) is 0. The third-order valence-electron chi connectivity index (χ3n) is 3.08. The first-order chi connectivity index (χ1) is 9.88. The number of hydrogen-bond acceptors (Lipinski definition) is 5. The third-order valence-corrected chi connectivity index (χ3v) is 3.08. The molecule has 0 bridgehead atoms. The Morgan fingerprint density at radius 1 is 0.800 bits per heavy atom. The van der Waals surface area contributed by atoms with Crippen LogP contribution in [0.5, 0.6) is 5.75 Å². The standard InChI is InChI=1S/C15H23NO4/c1-16-6-7-17-8-9-18-10-11-19-12-13-20-15-5-3-2-4-14(15)16/h2-5H,6-13H2,1H3. The molecule has 0 saturated heterocycles. The number of likely N-dealkylation sites (N-methyl/N-ethyl adjacent to an activating group) is 1. The lowest BCUT2D eigenvalue weighted by atomic mass is 10.2. The van der Waals surface area contributed by atoms with Gasteiger partial charge in [-0.15, -0.1) is 0 Å². The molecule has 0 spiro atoms. The van der Waals surface area contributed by atoms with E-state index in [2.05, 4.69) is 11.0 Å². The molecule has 112 valence electrons. The van der Waals surface area contributed by atoms with Crippen LogP contribution >= 0.6 is 0 Å². The Balaban J connectivity index is 1.96. The van der Waals surface area contributed by atoms with Crippen LogP contribution in [0.25, 0.3) is 0 Å². The molecule has 0 atom stereocenters. The summed E-state index contributed by atoms with van der Waals surface area (Å²) in [6.07, 6.45) is 0. The van der Waals surface area contributed by atoms with Gasteiger partial charge >= 0.3 is 0 Å². The van der Waals surface area contributed by atoms with E-state index < -0.39 is 0 Å². The normalized spacial score (nSPS) is 19.4. The van der Waals surface area contributed by atoms with Crippen molar-refractivity contribution >= 4 is 5.69 Å². The van der Waals surface area contributed by atoms with E-state index in [1.807, 2.05) is 25.2 Å². The van der Waals surface area contributed by atoms with Crippen molar-refractivity contribution in [1.29, 1.82) is 0 Å². The van der Waals surface area contributed by atoms with E-state index in [1.54, 1.807) is 0 Å². The van der Waals surface area contributed by atoms with Gasteiger partial charge in [-0.05, 0) is 12.1 Å². The van der Waals surface area contributed by atoms with Gasteiger partial charge < -0.3 is 23.8 Å². The molecule has 1 aliphatic rings. The molecule has 1 aliphatic heterocycles. The zero-order valence-corrected chi connectivity index (χ0v) is 12.0. The van der Waals surface area contributed by atoms with E-state index in [1.165, 1.54) is 0 Å². The second-order valence-corrected chi connectivity index (χ2v) is 4.57. The maximum atomic E-state index is 5.79. The van der Waals surface area contributed by atoms with Crippen LogP contribution in [0, 0.1) is 0 Å². The van der Waals surface area contributed by atoms with Crippen LogP contribution in [-0.4, -0.2) is 59.8 Å². The summed E-state index contributed by atoms with van der Waals surface area (Å²) < 4.78 is 22.2. The van der Waals surface area contributed by atoms with Gasteiger partial charge in [0.05, 0.1) is 45.3 Å². The fourth-order valence-corrected chi connectivity index (χ4v) is 1.97. The van der Waals surface area contributed by atoms with Crippen molar-refractivity contribution in [3.8, 4) is 5.75 Å². The number of benzene rings is 1. The van der Waals surface area contributed by atoms with Gasteiger partial charge in [-0.25, -0.2) is 0 Å². The molecule has 0 N–H and O–H groups in total. The third kappa shape index (κ3) is 5.00. The number of para-hydroxylation sites is 2. The number of nitrogens with zero attached hydrogens (tertiary/aromatic N) is 1. The topological polar surface area (TPSA) is 40.2 Å². The maximum absolute atomic E-state index is 5.79. The van der Waals surface area contributed by atoms with Crippen molar-refractivity contribution in [2.75, 3.05) is 64.7 Å². The minimum absolute atomic E-state index is 0.543. The van der Waals surface area contributed by atoms with Gasteiger partial charge in [0.2, 0.25) is 0 Å². The van der Waals surface area contributed by atoms with Gasteiger partial charge in [0.15, 0.2) is 0 Å². The van der Waals surface area contributed by atoms with Crippen LogP contribution in [0.3, 0.4) is 0 Å². The van der Waals surface area contributed by atoms with E-state index in [0.717, 1.165) is 18.0 Å². The molecule has 5 nitrogen and oxygen atoms in total. The van der Waals surface area contributed by atoms with Gasteiger partial charge in [0.25, 0.3) is 0 Å². The molecule has 0 aromatic heterocycles. The SMILES string of the molecule is CN1CCOCCOCCOCCOc2ccccc21. The molecule has 0 radical (unpaired) electrons. The van der Waals surface area contributed by atoms with Crippen molar-refractivity contribution in [3.63, 3.8) is 0 Å². The highest BCUT2D eigenvalue weighted by Gasteiger charge is 2.08. The predicted molar refractivity (Wildman–Crippen MR) is 77.7 cm³/mol. The van der Waals surface area contributed by atoms with E-state index in [0.29, 0.717) is 46.2 Å². The Labute approximate surface area is 120 Å². The second kappa shape index (κ2) is 8.79. The summed E-state index contributed by atoms with van der Waals surface area (Å²) in [5.41, 5.74) is 1.07. The Hall–Kier alpha value is -1.30. The minimum atomic E-state index is 0.543. The lowest BCUT2D eigenvalue weighted by Crippen LogP contribution is -2.24. The van der Waals surface area contributed by atoms with Crippen LogP contribution < -0.4 is 9.64 Å². The zero-order valence-electron chi connectivity index (χ0n) is 12.0. The zero-order chi connectivity index (χ0) is 14.0. The van der Waals surface area contributed by atoms with Crippen LogP contribution in [0.4, 0.5) is 5.69 Å². The van der Waals surface area contributed by atoms with Gasteiger partial charge in [-0.1, -0.05) is 12.1 Å².